The Hall–Kier alpha value is -0.870. The van der Waals surface area contributed by atoms with Crippen LogP contribution in [-0.4, -0.2) is 48.0 Å². The summed E-state index contributed by atoms with van der Waals surface area (Å²) < 4.78 is 6.97. The van der Waals surface area contributed by atoms with Crippen molar-refractivity contribution in [3.8, 4) is 0 Å². The fourth-order valence-corrected chi connectivity index (χ4v) is 2.18. The van der Waals surface area contributed by atoms with E-state index >= 15 is 0 Å². The first-order valence-electron chi connectivity index (χ1n) is 5.49. The van der Waals surface area contributed by atoms with Crippen molar-refractivity contribution >= 4 is 0 Å². The standard InChI is InChI=1S/C11H19N3O/c1-13-8-11(7-12-13)10-3-4-14(9-10)5-6-15-2/h7-8,10H,3-6,9H2,1-2H3/t10-/m0/s1. The zero-order chi connectivity index (χ0) is 10.7. The summed E-state index contributed by atoms with van der Waals surface area (Å²) in [6.45, 7) is 4.21. The van der Waals surface area contributed by atoms with Gasteiger partial charge in [-0.15, -0.1) is 0 Å². The van der Waals surface area contributed by atoms with E-state index in [4.69, 9.17) is 4.74 Å². The summed E-state index contributed by atoms with van der Waals surface area (Å²) in [5.41, 5.74) is 1.37. The Labute approximate surface area is 90.8 Å². The van der Waals surface area contributed by atoms with Gasteiger partial charge in [0.2, 0.25) is 0 Å². The van der Waals surface area contributed by atoms with E-state index in [2.05, 4.69) is 16.2 Å². The first kappa shape index (κ1) is 10.6. The van der Waals surface area contributed by atoms with Crippen molar-refractivity contribution in [2.75, 3.05) is 33.4 Å². The van der Waals surface area contributed by atoms with Gasteiger partial charge in [-0.25, -0.2) is 0 Å². The molecule has 1 fully saturated rings. The second kappa shape index (κ2) is 4.77. The molecule has 0 amide bonds. The van der Waals surface area contributed by atoms with Gasteiger partial charge in [0, 0.05) is 39.4 Å². The Kier molecular flexibility index (Phi) is 3.38. The van der Waals surface area contributed by atoms with Gasteiger partial charge in [0.25, 0.3) is 0 Å². The van der Waals surface area contributed by atoms with E-state index < -0.39 is 0 Å². The van der Waals surface area contributed by atoms with Crippen LogP contribution in [0.4, 0.5) is 0 Å². The van der Waals surface area contributed by atoms with Crippen molar-refractivity contribution in [3.63, 3.8) is 0 Å². The predicted octanol–water partition coefficient (Wildman–Crippen LogP) is 0.856. The molecule has 0 radical (unpaired) electrons. The van der Waals surface area contributed by atoms with Gasteiger partial charge < -0.3 is 9.64 Å². The van der Waals surface area contributed by atoms with E-state index in [0.29, 0.717) is 5.92 Å². The third-order valence-electron chi connectivity index (χ3n) is 3.08. The number of aromatic nitrogens is 2. The van der Waals surface area contributed by atoms with Crippen LogP contribution >= 0.6 is 0 Å². The lowest BCUT2D eigenvalue weighted by molar-refractivity contribution is 0.160. The van der Waals surface area contributed by atoms with Crippen molar-refractivity contribution in [2.24, 2.45) is 7.05 Å². The molecule has 0 aromatic carbocycles. The van der Waals surface area contributed by atoms with Crippen molar-refractivity contribution in [2.45, 2.75) is 12.3 Å². The molecule has 1 aliphatic rings. The minimum absolute atomic E-state index is 0.663. The third kappa shape index (κ3) is 2.58. The van der Waals surface area contributed by atoms with E-state index in [1.807, 2.05) is 17.9 Å². The van der Waals surface area contributed by atoms with Crippen LogP contribution in [0.1, 0.15) is 17.9 Å². The van der Waals surface area contributed by atoms with Crippen LogP contribution in [0.25, 0.3) is 0 Å². The number of likely N-dealkylation sites (tertiary alicyclic amines) is 1. The van der Waals surface area contributed by atoms with Gasteiger partial charge in [-0.05, 0) is 18.5 Å². The minimum atomic E-state index is 0.663. The number of ether oxygens (including phenoxy) is 1. The molecule has 4 nitrogen and oxygen atoms in total. The second-order valence-corrected chi connectivity index (χ2v) is 4.23. The largest absolute Gasteiger partial charge is 0.383 e. The lowest BCUT2D eigenvalue weighted by Gasteiger charge is -2.14. The predicted molar refractivity (Wildman–Crippen MR) is 58.9 cm³/mol. The normalized spacial score (nSPS) is 22.4. The van der Waals surface area contributed by atoms with Gasteiger partial charge in [0.1, 0.15) is 0 Å². The SMILES string of the molecule is COCCN1CC[C@H](c2cnn(C)c2)C1. The lowest BCUT2D eigenvalue weighted by atomic mass is 10.0. The highest BCUT2D eigenvalue weighted by Gasteiger charge is 2.24. The summed E-state index contributed by atoms with van der Waals surface area (Å²) in [7, 11) is 3.73. The highest BCUT2D eigenvalue weighted by Crippen LogP contribution is 2.26. The highest BCUT2D eigenvalue weighted by molar-refractivity contribution is 5.13. The van der Waals surface area contributed by atoms with Crippen LogP contribution in [-0.2, 0) is 11.8 Å². The molecule has 0 spiro atoms. The third-order valence-corrected chi connectivity index (χ3v) is 3.08. The topological polar surface area (TPSA) is 30.3 Å². The molecule has 0 unspecified atom stereocenters. The Bertz CT molecular complexity index is 311. The number of rotatable bonds is 4. The number of nitrogens with zero attached hydrogens (tertiary/aromatic N) is 3. The summed E-state index contributed by atoms with van der Waals surface area (Å²) in [6, 6.07) is 0. The maximum absolute atomic E-state index is 5.09. The zero-order valence-electron chi connectivity index (χ0n) is 9.52. The van der Waals surface area contributed by atoms with E-state index in [-0.39, 0.29) is 0 Å². The van der Waals surface area contributed by atoms with Crippen LogP contribution in [0.5, 0.6) is 0 Å². The fraction of sp³-hybridized carbons (Fsp3) is 0.727. The van der Waals surface area contributed by atoms with Gasteiger partial charge >= 0.3 is 0 Å². The molecule has 84 valence electrons. The maximum Gasteiger partial charge on any atom is 0.0589 e. The summed E-state index contributed by atoms with van der Waals surface area (Å²) >= 11 is 0. The van der Waals surface area contributed by atoms with Crippen LogP contribution in [0.15, 0.2) is 12.4 Å². The first-order chi connectivity index (χ1) is 7.29. The summed E-state index contributed by atoms with van der Waals surface area (Å²) in [6.07, 6.45) is 5.37. The first-order valence-corrected chi connectivity index (χ1v) is 5.49. The number of methoxy groups -OCH3 is 1. The summed E-state index contributed by atoms with van der Waals surface area (Å²) in [4.78, 5) is 2.46. The molecule has 0 N–H and O–H groups in total. The van der Waals surface area contributed by atoms with Crippen LogP contribution in [0.3, 0.4) is 0 Å². The molecule has 2 heterocycles. The van der Waals surface area contributed by atoms with Crippen LogP contribution in [0.2, 0.25) is 0 Å². The molecule has 0 saturated carbocycles. The monoisotopic (exact) mass is 209 g/mol. The summed E-state index contributed by atoms with van der Waals surface area (Å²) in [5, 5.41) is 4.22. The number of aryl methyl sites for hydroxylation is 1. The Morgan fingerprint density at radius 3 is 3.13 bits per heavy atom. The van der Waals surface area contributed by atoms with E-state index in [0.717, 1.165) is 19.7 Å². The van der Waals surface area contributed by atoms with Crippen molar-refractivity contribution < 1.29 is 4.74 Å². The van der Waals surface area contributed by atoms with Gasteiger partial charge in [-0.1, -0.05) is 0 Å². The molecule has 15 heavy (non-hydrogen) atoms. The number of hydrogen-bond acceptors (Lipinski definition) is 3. The van der Waals surface area contributed by atoms with Crippen molar-refractivity contribution in [1.29, 1.82) is 0 Å². The quantitative estimate of drug-likeness (QED) is 0.736. The summed E-state index contributed by atoms with van der Waals surface area (Å²) in [5.74, 6) is 0.663. The van der Waals surface area contributed by atoms with Gasteiger partial charge in [-0.3, -0.25) is 4.68 Å². The van der Waals surface area contributed by atoms with E-state index in [1.165, 1.54) is 18.5 Å². The molecule has 1 saturated heterocycles. The van der Waals surface area contributed by atoms with E-state index in [9.17, 15) is 0 Å². The maximum atomic E-state index is 5.09. The van der Waals surface area contributed by atoms with Gasteiger partial charge in [0.15, 0.2) is 0 Å². The average molecular weight is 209 g/mol. The molecule has 1 aromatic heterocycles. The molecule has 1 aliphatic heterocycles. The average Bonchev–Trinajstić information content (AvgIpc) is 2.83. The molecule has 1 aromatic rings. The fourth-order valence-electron chi connectivity index (χ4n) is 2.18. The molecular weight excluding hydrogens is 190 g/mol. The highest BCUT2D eigenvalue weighted by atomic mass is 16.5. The smallest absolute Gasteiger partial charge is 0.0589 e. The van der Waals surface area contributed by atoms with Gasteiger partial charge in [0.05, 0.1) is 12.8 Å². The molecule has 0 bridgehead atoms. The number of hydrogen-bond donors (Lipinski definition) is 0. The van der Waals surface area contributed by atoms with Crippen LogP contribution in [0, 0.1) is 0 Å². The second-order valence-electron chi connectivity index (χ2n) is 4.23. The van der Waals surface area contributed by atoms with Gasteiger partial charge in [-0.2, -0.15) is 5.10 Å². The Balaban J connectivity index is 1.87. The molecule has 0 aliphatic carbocycles. The Morgan fingerprint density at radius 2 is 2.47 bits per heavy atom. The lowest BCUT2D eigenvalue weighted by Crippen LogP contribution is -2.24. The molecule has 2 rings (SSSR count). The Morgan fingerprint density at radius 1 is 1.60 bits per heavy atom. The molecule has 1 atom stereocenters. The van der Waals surface area contributed by atoms with E-state index in [1.54, 1.807) is 7.11 Å². The van der Waals surface area contributed by atoms with Crippen molar-refractivity contribution in [3.05, 3.63) is 18.0 Å². The molecule has 4 heteroatoms. The van der Waals surface area contributed by atoms with Crippen LogP contribution < -0.4 is 0 Å². The minimum Gasteiger partial charge on any atom is -0.383 e. The molecular formula is C11H19N3O. The van der Waals surface area contributed by atoms with Crippen molar-refractivity contribution in [1.82, 2.24) is 14.7 Å². The zero-order valence-corrected chi connectivity index (χ0v) is 9.52.